The van der Waals surface area contributed by atoms with Gasteiger partial charge in [0.05, 0.1) is 17.1 Å². The maximum Gasteiger partial charge on any atom is 0.294 e. The maximum absolute atomic E-state index is 13.2. The number of aliphatic hydroxyl groups is 1. The van der Waals surface area contributed by atoms with Gasteiger partial charge in [-0.1, -0.05) is 12.1 Å². The molecule has 1 aromatic heterocycles. The van der Waals surface area contributed by atoms with E-state index in [1.54, 1.807) is 9.47 Å². The number of likely N-dealkylation sites (tertiary alicyclic amines) is 1. The number of carbonyl (C=O) groups excluding carboxylic acids is 1. The fraction of sp³-hybridized carbons (Fsp3) is 0.571. The van der Waals surface area contributed by atoms with E-state index in [2.05, 4.69) is 9.88 Å². The molecule has 1 N–H and O–H groups in total. The lowest BCUT2D eigenvalue weighted by Crippen LogP contribution is -2.41. The van der Waals surface area contributed by atoms with Gasteiger partial charge in [0, 0.05) is 39.1 Å². The van der Waals surface area contributed by atoms with Crippen LogP contribution in [0, 0.1) is 0 Å². The number of hydrogen-bond donors (Lipinski definition) is 1. The molecule has 0 unspecified atom stereocenters. The van der Waals surface area contributed by atoms with E-state index in [4.69, 9.17) is 0 Å². The summed E-state index contributed by atoms with van der Waals surface area (Å²) in [6, 6.07) is 7.64. The molecule has 1 aromatic carbocycles. The molecule has 0 aliphatic carbocycles. The number of nitrogens with zero attached hydrogens (tertiary/aromatic N) is 4. The molecule has 0 saturated carbocycles. The second-order valence-corrected chi connectivity index (χ2v) is 7.79. The first-order chi connectivity index (χ1) is 13.6. The van der Waals surface area contributed by atoms with Gasteiger partial charge in [-0.25, -0.2) is 4.98 Å². The lowest BCUT2D eigenvalue weighted by Gasteiger charge is -2.30. The predicted molar refractivity (Wildman–Crippen MR) is 109 cm³/mol. The summed E-state index contributed by atoms with van der Waals surface area (Å²) in [6.07, 6.45) is 4.58. The summed E-state index contributed by atoms with van der Waals surface area (Å²) in [6.45, 7) is 3.24. The monoisotopic (exact) mass is 384 g/mol. The number of hydrogen-bond acceptors (Lipinski definition) is 5. The Morgan fingerprint density at radius 3 is 2.54 bits per heavy atom. The number of aryl methyl sites for hydroxylation is 1. The highest BCUT2D eigenvalue weighted by atomic mass is 16.3. The number of rotatable bonds is 4. The second-order valence-electron chi connectivity index (χ2n) is 7.79. The van der Waals surface area contributed by atoms with Crippen LogP contribution in [-0.2, 0) is 11.3 Å². The summed E-state index contributed by atoms with van der Waals surface area (Å²) in [5, 5.41) is 9.63. The van der Waals surface area contributed by atoms with Gasteiger partial charge in [-0.2, -0.15) is 0 Å². The summed E-state index contributed by atoms with van der Waals surface area (Å²) < 4.78 is 1.71. The molecule has 1 amide bonds. The number of benzene rings is 1. The highest BCUT2D eigenvalue weighted by molar-refractivity contribution is 5.78. The SMILES string of the molecule is O=C(CCn1c(=O)c(N2CCCCC2)nc2ccccc21)N1CCC(O)CC1. The van der Waals surface area contributed by atoms with Crippen molar-refractivity contribution in [1.82, 2.24) is 14.5 Å². The van der Waals surface area contributed by atoms with Crippen molar-refractivity contribution < 1.29 is 9.90 Å². The molecule has 0 spiro atoms. The van der Waals surface area contributed by atoms with Crippen molar-refractivity contribution in [3.05, 3.63) is 34.6 Å². The van der Waals surface area contributed by atoms with Gasteiger partial charge in [0.15, 0.2) is 5.82 Å². The molecule has 7 nitrogen and oxygen atoms in total. The van der Waals surface area contributed by atoms with E-state index in [1.165, 1.54) is 6.42 Å². The van der Waals surface area contributed by atoms with Gasteiger partial charge in [0.1, 0.15) is 0 Å². The Morgan fingerprint density at radius 2 is 1.79 bits per heavy atom. The molecule has 2 aromatic rings. The van der Waals surface area contributed by atoms with Crippen molar-refractivity contribution in [2.24, 2.45) is 0 Å². The van der Waals surface area contributed by atoms with Crippen LogP contribution in [-0.4, -0.2) is 57.7 Å². The standard InChI is InChI=1S/C21H28N4O3/c26-16-8-13-23(14-9-16)19(27)10-15-25-18-7-3-2-6-17(18)22-20(21(25)28)24-11-4-1-5-12-24/h2-3,6-7,16,26H,1,4-5,8-15H2. The number of aliphatic hydroxyl groups excluding tert-OH is 1. The van der Waals surface area contributed by atoms with E-state index < -0.39 is 0 Å². The van der Waals surface area contributed by atoms with E-state index in [1.807, 2.05) is 24.3 Å². The summed E-state index contributed by atoms with van der Waals surface area (Å²) in [5.74, 6) is 0.547. The number of piperidine rings is 2. The zero-order valence-electron chi connectivity index (χ0n) is 16.2. The zero-order valence-corrected chi connectivity index (χ0v) is 16.2. The molecule has 7 heteroatoms. The average Bonchev–Trinajstić information content (AvgIpc) is 2.73. The number of para-hydroxylation sites is 2. The minimum atomic E-state index is -0.303. The number of aromatic nitrogens is 2. The Hall–Kier alpha value is -2.41. The van der Waals surface area contributed by atoms with Gasteiger partial charge in [-0.15, -0.1) is 0 Å². The summed E-state index contributed by atoms with van der Waals surface area (Å²) in [4.78, 5) is 34.4. The largest absolute Gasteiger partial charge is 0.393 e. The van der Waals surface area contributed by atoms with Gasteiger partial charge in [0.25, 0.3) is 5.56 Å². The van der Waals surface area contributed by atoms with E-state index >= 15 is 0 Å². The molecule has 2 aliphatic heterocycles. The Balaban J connectivity index is 1.59. The van der Waals surface area contributed by atoms with Crippen LogP contribution >= 0.6 is 0 Å². The maximum atomic E-state index is 13.2. The topological polar surface area (TPSA) is 78.7 Å². The number of carbonyl (C=O) groups is 1. The van der Waals surface area contributed by atoms with Gasteiger partial charge >= 0.3 is 0 Å². The highest BCUT2D eigenvalue weighted by Crippen LogP contribution is 2.19. The first-order valence-corrected chi connectivity index (χ1v) is 10.3. The molecule has 2 aliphatic rings. The molecule has 4 rings (SSSR count). The third kappa shape index (κ3) is 3.90. The average molecular weight is 384 g/mol. The van der Waals surface area contributed by atoms with Crippen LogP contribution in [0.3, 0.4) is 0 Å². The zero-order chi connectivity index (χ0) is 19.5. The molecule has 28 heavy (non-hydrogen) atoms. The van der Waals surface area contributed by atoms with Crippen molar-refractivity contribution in [3.8, 4) is 0 Å². The molecular formula is C21H28N4O3. The molecule has 3 heterocycles. The molecule has 0 bridgehead atoms. The fourth-order valence-electron chi connectivity index (χ4n) is 4.19. The van der Waals surface area contributed by atoms with Crippen LogP contribution in [0.25, 0.3) is 11.0 Å². The van der Waals surface area contributed by atoms with Crippen LogP contribution in [0.4, 0.5) is 5.82 Å². The number of fused-ring (bicyclic) bond motifs is 1. The van der Waals surface area contributed by atoms with Crippen LogP contribution in [0.2, 0.25) is 0 Å². The minimum Gasteiger partial charge on any atom is -0.393 e. The van der Waals surface area contributed by atoms with Crippen LogP contribution in [0.5, 0.6) is 0 Å². The minimum absolute atomic E-state index is 0.0409. The van der Waals surface area contributed by atoms with Crippen molar-refractivity contribution in [1.29, 1.82) is 0 Å². The Labute approximate surface area is 164 Å². The van der Waals surface area contributed by atoms with Crippen molar-refractivity contribution in [3.63, 3.8) is 0 Å². The van der Waals surface area contributed by atoms with E-state index in [9.17, 15) is 14.7 Å². The molecule has 2 fully saturated rings. The molecule has 2 saturated heterocycles. The van der Waals surface area contributed by atoms with Crippen LogP contribution < -0.4 is 10.5 Å². The Kier molecular flexibility index (Phi) is 5.62. The molecular weight excluding hydrogens is 356 g/mol. The van der Waals surface area contributed by atoms with E-state index in [0.29, 0.717) is 38.3 Å². The predicted octanol–water partition coefficient (Wildman–Crippen LogP) is 1.76. The molecule has 150 valence electrons. The second kappa shape index (κ2) is 8.31. The first-order valence-electron chi connectivity index (χ1n) is 10.3. The first kappa shape index (κ1) is 18.9. The van der Waals surface area contributed by atoms with E-state index in [0.717, 1.165) is 37.0 Å². The van der Waals surface area contributed by atoms with Crippen LogP contribution in [0.1, 0.15) is 38.5 Å². The Morgan fingerprint density at radius 1 is 1.07 bits per heavy atom. The number of anilines is 1. The van der Waals surface area contributed by atoms with Crippen LogP contribution in [0.15, 0.2) is 29.1 Å². The van der Waals surface area contributed by atoms with Gasteiger partial charge < -0.3 is 19.5 Å². The van der Waals surface area contributed by atoms with Crippen molar-refractivity contribution in [2.45, 2.75) is 51.2 Å². The normalized spacial score (nSPS) is 18.6. The highest BCUT2D eigenvalue weighted by Gasteiger charge is 2.23. The smallest absolute Gasteiger partial charge is 0.294 e. The fourth-order valence-corrected chi connectivity index (χ4v) is 4.19. The third-order valence-corrected chi connectivity index (χ3v) is 5.86. The molecule has 0 radical (unpaired) electrons. The Bertz CT molecular complexity index is 896. The summed E-state index contributed by atoms with van der Waals surface area (Å²) in [7, 11) is 0. The van der Waals surface area contributed by atoms with Crippen molar-refractivity contribution >= 4 is 22.8 Å². The van der Waals surface area contributed by atoms with E-state index in [-0.39, 0.29) is 24.0 Å². The van der Waals surface area contributed by atoms with Gasteiger partial charge in [-0.3, -0.25) is 9.59 Å². The van der Waals surface area contributed by atoms with Gasteiger partial charge in [0.2, 0.25) is 5.91 Å². The van der Waals surface area contributed by atoms with Gasteiger partial charge in [-0.05, 0) is 44.2 Å². The quantitative estimate of drug-likeness (QED) is 0.869. The summed E-state index contributed by atoms with van der Waals surface area (Å²) >= 11 is 0. The summed E-state index contributed by atoms with van der Waals surface area (Å²) in [5.41, 5.74) is 1.45. The number of amides is 1. The lowest BCUT2D eigenvalue weighted by molar-refractivity contribution is -0.133. The molecule has 0 atom stereocenters. The van der Waals surface area contributed by atoms with Crippen molar-refractivity contribution in [2.75, 3.05) is 31.1 Å². The lowest BCUT2D eigenvalue weighted by atomic mass is 10.1. The third-order valence-electron chi connectivity index (χ3n) is 5.86.